The number of aliphatic hydroxyl groups is 1. The lowest BCUT2D eigenvalue weighted by Gasteiger charge is -2.28. The average Bonchev–Trinajstić information content (AvgIpc) is 2.15. The smallest absolute Gasteiger partial charge is 0.303 e. The van der Waals surface area contributed by atoms with E-state index in [0.717, 1.165) is 13.1 Å². The second-order valence-corrected chi connectivity index (χ2v) is 4.37. The molecule has 0 rings (SSSR count). The van der Waals surface area contributed by atoms with E-state index < -0.39 is 5.97 Å². The Labute approximate surface area is 91.9 Å². The summed E-state index contributed by atoms with van der Waals surface area (Å²) < 4.78 is 0. The van der Waals surface area contributed by atoms with E-state index in [9.17, 15) is 4.79 Å². The van der Waals surface area contributed by atoms with Crippen molar-refractivity contribution in [2.75, 3.05) is 19.7 Å². The molecule has 4 heteroatoms. The van der Waals surface area contributed by atoms with Crippen LogP contribution in [-0.2, 0) is 4.79 Å². The van der Waals surface area contributed by atoms with Crippen molar-refractivity contribution in [2.24, 2.45) is 5.92 Å². The number of carboxylic acids is 1. The van der Waals surface area contributed by atoms with Gasteiger partial charge in [-0.25, -0.2) is 0 Å². The summed E-state index contributed by atoms with van der Waals surface area (Å²) >= 11 is 0. The Morgan fingerprint density at radius 1 is 1.33 bits per heavy atom. The lowest BCUT2D eigenvalue weighted by atomic mass is 10.1. The van der Waals surface area contributed by atoms with E-state index in [1.807, 2.05) is 6.92 Å². The summed E-state index contributed by atoms with van der Waals surface area (Å²) in [5.74, 6) is -0.494. The van der Waals surface area contributed by atoms with E-state index in [4.69, 9.17) is 10.2 Å². The van der Waals surface area contributed by atoms with Gasteiger partial charge in [0, 0.05) is 25.6 Å². The Morgan fingerprint density at radius 2 is 1.93 bits per heavy atom. The van der Waals surface area contributed by atoms with Crippen molar-refractivity contribution in [3.63, 3.8) is 0 Å². The highest BCUT2D eigenvalue weighted by Gasteiger charge is 2.13. The fourth-order valence-corrected chi connectivity index (χ4v) is 1.45. The maximum atomic E-state index is 10.4. The number of hydrogen-bond acceptors (Lipinski definition) is 3. The van der Waals surface area contributed by atoms with Gasteiger partial charge in [0.05, 0.1) is 0 Å². The molecule has 0 aromatic carbocycles. The first-order chi connectivity index (χ1) is 6.97. The molecule has 0 heterocycles. The summed E-state index contributed by atoms with van der Waals surface area (Å²) in [5, 5.41) is 17.5. The van der Waals surface area contributed by atoms with Gasteiger partial charge in [0.15, 0.2) is 0 Å². The second kappa shape index (κ2) is 7.65. The van der Waals surface area contributed by atoms with Crippen LogP contribution in [0.2, 0.25) is 0 Å². The number of aliphatic hydroxyl groups excluding tert-OH is 1. The lowest BCUT2D eigenvalue weighted by molar-refractivity contribution is -0.137. The minimum Gasteiger partial charge on any atom is -0.481 e. The number of rotatable bonds is 8. The van der Waals surface area contributed by atoms with E-state index in [1.165, 1.54) is 0 Å². The number of hydrogen-bond donors (Lipinski definition) is 2. The molecule has 0 amide bonds. The molecule has 2 N–H and O–H groups in total. The molecular weight excluding hydrogens is 194 g/mol. The second-order valence-electron chi connectivity index (χ2n) is 4.37. The average molecular weight is 217 g/mol. The predicted octanol–water partition coefficient (Wildman–Crippen LogP) is 1.19. The van der Waals surface area contributed by atoms with Crippen molar-refractivity contribution in [3.8, 4) is 0 Å². The van der Waals surface area contributed by atoms with Crippen LogP contribution in [0.3, 0.4) is 0 Å². The Morgan fingerprint density at radius 3 is 2.33 bits per heavy atom. The van der Waals surface area contributed by atoms with Gasteiger partial charge in [-0.3, -0.25) is 4.79 Å². The number of aliphatic carboxylic acids is 1. The van der Waals surface area contributed by atoms with Crippen molar-refractivity contribution in [2.45, 2.75) is 39.7 Å². The fourth-order valence-electron chi connectivity index (χ4n) is 1.45. The molecule has 90 valence electrons. The van der Waals surface area contributed by atoms with Gasteiger partial charge in [-0.2, -0.15) is 0 Å². The van der Waals surface area contributed by atoms with Gasteiger partial charge in [0.2, 0.25) is 0 Å². The van der Waals surface area contributed by atoms with Crippen LogP contribution in [0.25, 0.3) is 0 Å². The molecule has 1 atom stereocenters. The molecule has 0 aliphatic heterocycles. The molecule has 4 nitrogen and oxygen atoms in total. The van der Waals surface area contributed by atoms with Crippen LogP contribution in [0.4, 0.5) is 0 Å². The quantitative estimate of drug-likeness (QED) is 0.641. The van der Waals surface area contributed by atoms with Gasteiger partial charge >= 0.3 is 5.97 Å². The van der Waals surface area contributed by atoms with Gasteiger partial charge < -0.3 is 15.1 Å². The topological polar surface area (TPSA) is 60.8 Å². The third kappa shape index (κ3) is 7.33. The lowest BCUT2D eigenvalue weighted by Crippen LogP contribution is -2.36. The molecule has 0 aliphatic rings. The zero-order chi connectivity index (χ0) is 11.8. The summed E-state index contributed by atoms with van der Waals surface area (Å²) in [7, 11) is 0. The van der Waals surface area contributed by atoms with Gasteiger partial charge in [-0.1, -0.05) is 6.92 Å². The number of carboxylic acid groups (broad SMARTS) is 1. The highest BCUT2D eigenvalue weighted by Crippen LogP contribution is 2.06. The van der Waals surface area contributed by atoms with E-state index >= 15 is 0 Å². The number of carbonyl (C=O) groups is 1. The number of nitrogens with zero attached hydrogens (tertiary/aromatic N) is 1. The summed E-state index contributed by atoms with van der Waals surface area (Å²) in [6.07, 6.45) is 0.891. The van der Waals surface area contributed by atoms with Crippen LogP contribution in [0, 0.1) is 5.92 Å². The van der Waals surface area contributed by atoms with Crippen LogP contribution < -0.4 is 0 Å². The maximum absolute atomic E-state index is 10.4. The molecule has 0 saturated heterocycles. The normalized spacial score (nSPS) is 13.5. The highest BCUT2D eigenvalue weighted by molar-refractivity contribution is 5.66. The van der Waals surface area contributed by atoms with Gasteiger partial charge in [-0.05, 0) is 32.7 Å². The van der Waals surface area contributed by atoms with Crippen molar-refractivity contribution in [1.82, 2.24) is 4.90 Å². The molecule has 1 unspecified atom stereocenters. The van der Waals surface area contributed by atoms with Crippen molar-refractivity contribution in [1.29, 1.82) is 0 Å². The van der Waals surface area contributed by atoms with Crippen LogP contribution >= 0.6 is 0 Å². The minimum atomic E-state index is -0.742. The monoisotopic (exact) mass is 217 g/mol. The summed E-state index contributed by atoms with van der Waals surface area (Å²) in [6.45, 7) is 7.96. The standard InChI is InChI=1S/C11H23NO3/c1-9(2)12(7-10(3)8-13)6-4-5-11(14)15/h9-10,13H,4-8H2,1-3H3,(H,14,15). The summed E-state index contributed by atoms with van der Waals surface area (Å²) in [5.41, 5.74) is 0. The van der Waals surface area contributed by atoms with Crippen molar-refractivity contribution >= 4 is 5.97 Å². The first-order valence-corrected chi connectivity index (χ1v) is 5.54. The molecule has 0 aromatic heterocycles. The molecule has 0 aromatic rings. The third-order valence-corrected chi connectivity index (χ3v) is 2.42. The summed E-state index contributed by atoms with van der Waals surface area (Å²) in [4.78, 5) is 12.6. The van der Waals surface area contributed by atoms with Crippen LogP contribution in [0.5, 0.6) is 0 Å². The van der Waals surface area contributed by atoms with E-state index in [2.05, 4.69) is 18.7 Å². The van der Waals surface area contributed by atoms with Gasteiger partial charge in [-0.15, -0.1) is 0 Å². The molecule has 15 heavy (non-hydrogen) atoms. The Bertz CT molecular complexity index is 183. The SMILES string of the molecule is CC(CO)CN(CCCC(=O)O)C(C)C. The highest BCUT2D eigenvalue weighted by atomic mass is 16.4. The van der Waals surface area contributed by atoms with E-state index in [-0.39, 0.29) is 18.9 Å². The van der Waals surface area contributed by atoms with Gasteiger partial charge in [0.1, 0.15) is 0 Å². The fraction of sp³-hybridized carbons (Fsp3) is 0.909. The Hall–Kier alpha value is -0.610. The van der Waals surface area contributed by atoms with E-state index in [1.54, 1.807) is 0 Å². The molecular formula is C11H23NO3. The first kappa shape index (κ1) is 14.4. The van der Waals surface area contributed by atoms with Crippen LogP contribution in [0.1, 0.15) is 33.6 Å². The molecule has 0 aliphatic carbocycles. The van der Waals surface area contributed by atoms with E-state index in [0.29, 0.717) is 12.5 Å². The zero-order valence-electron chi connectivity index (χ0n) is 9.94. The first-order valence-electron chi connectivity index (χ1n) is 5.54. The Balaban J connectivity index is 3.88. The predicted molar refractivity (Wildman–Crippen MR) is 59.8 cm³/mol. The van der Waals surface area contributed by atoms with Crippen LogP contribution in [-0.4, -0.2) is 46.8 Å². The molecule has 0 bridgehead atoms. The van der Waals surface area contributed by atoms with Crippen molar-refractivity contribution < 1.29 is 15.0 Å². The molecule has 0 spiro atoms. The molecule has 0 fully saturated rings. The zero-order valence-corrected chi connectivity index (χ0v) is 9.94. The van der Waals surface area contributed by atoms with Crippen LogP contribution in [0.15, 0.2) is 0 Å². The van der Waals surface area contributed by atoms with Crippen molar-refractivity contribution in [3.05, 3.63) is 0 Å². The minimum absolute atomic E-state index is 0.183. The van der Waals surface area contributed by atoms with Gasteiger partial charge in [0.25, 0.3) is 0 Å². The molecule has 0 saturated carbocycles. The molecule has 0 radical (unpaired) electrons. The summed E-state index contributed by atoms with van der Waals surface area (Å²) in [6, 6.07) is 0.396. The Kier molecular flexibility index (Phi) is 7.34. The third-order valence-electron chi connectivity index (χ3n) is 2.42. The maximum Gasteiger partial charge on any atom is 0.303 e. The largest absolute Gasteiger partial charge is 0.481 e.